The highest BCUT2D eigenvalue weighted by Gasteiger charge is 2.41. The van der Waals surface area contributed by atoms with Gasteiger partial charge in [-0.1, -0.05) is 39.2 Å². The monoisotopic (exact) mass is 356 g/mol. The van der Waals surface area contributed by atoms with Crippen molar-refractivity contribution < 1.29 is 9.90 Å². The summed E-state index contributed by atoms with van der Waals surface area (Å²) in [5.41, 5.74) is 0.270. The van der Waals surface area contributed by atoms with Crippen LogP contribution in [0.25, 0.3) is 0 Å². The van der Waals surface area contributed by atoms with Gasteiger partial charge in [-0.3, -0.25) is 4.79 Å². The van der Waals surface area contributed by atoms with Gasteiger partial charge in [-0.25, -0.2) is 0 Å². The van der Waals surface area contributed by atoms with Gasteiger partial charge in [0.2, 0.25) is 0 Å². The average molecular weight is 357 g/mol. The van der Waals surface area contributed by atoms with Crippen molar-refractivity contribution >= 4 is 33.7 Å². The molecule has 0 amide bonds. The van der Waals surface area contributed by atoms with Crippen molar-refractivity contribution in [3.8, 4) is 0 Å². The Labute approximate surface area is 133 Å². The van der Waals surface area contributed by atoms with Gasteiger partial charge >= 0.3 is 5.97 Å². The summed E-state index contributed by atoms with van der Waals surface area (Å²) in [6, 6.07) is 6.09. The largest absolute Gasteiger partial charge is 0.481 e. The average Bonchev–Trinajstić information content (AvgIpc) is 2.41. The minimum Gasteiger partial charge on any atom is -0.481 e. The Hall–Kier alpha value is -0.480. The van der Waals surface area contributed by atoms with Crippen molar-refractivity contribution in [1.82, 2.24) is 0 Å². The number of carbonyl (C=O) groups is 1. The highest BCUT2D eigenvalue weighted by molar-refractivity contribution is 9.10. The van der Waals surface area contributed by atoms with E-state index >= 15 is 0 Å². The van der Waals surface area contributed by atoms with Crippen LogP contribution in [-0.2, 0) is 10.2 Å². The summed E-state index contributed by atoms with van der Waals surface area (Å²) in [6.45, 7) is 4.32. The first-order valence-electron chi connectivity index (χ1n) is 7.16. The molecule has 1 fully saturated rings. The van der Waals surface area contributed by atoms with Crippen molar-refractivity contribution in [2.45, 2.75) is 61.5 Å². The minimum absolute atomic E-state index is 0.514. The molecule has 20 heavy (non-hydrogen) atoms. The van der Waals surface area contributed by atoms with Crippen molar-refractivity contribution in [2.75, 3.05) is 0 Å². The number of benzene rings is 1. The predicted octanol–water partition coefficient (Wildman–Crippen LogP) is 5.24. The second kappa shape index (κ2) is 6.52. The van der Waals surface area contributed by atoms with Crippen molar-refractivity contribution in [3.05, 3.63) is 28.2 Å². The number of rotatable bonds is 4. The second-order valence-electron chi connectivity index (χ2n) is 5.76. The molecule has 0 heterocycles. The van der Waals surface area contributed by atoms with Gasteiger partial charge in [0.05, 0.1) is 5.41 Å². The lowest BCUT2D eigenvalue weighted by molar-refractivity contribution is -0.145. The normalized spacial score (nSPS) is 18.2. The maximum absolute atomic E-state index is 11.8. The van der Waals surface area contributed by atoms with Gasteiger partial charge in [0.15, 0.2) is 0 Å². The molecule has 0 aliphatic heterocycles. The molecule has 1 aliphatic carbocycles. The van der Waals surface area contributed by atoms with E-state index in [2.05, 4.69) is 35.8 Å². The summed E-state index contributed by atoms with van der Waals surface area (Å²) in [5.74, 6) is -0.673. The molecule has 110 valence electrons. The van der Waals surface area contributed by atoms with Crippen LogP contribution in [0, 0.1) is 0 Å². The fourth-order valence-electron chi connectivity index (χ4n) is 2.93. The van der Waals surface area contributed by atoms with Crippen LogP contribution in [0.15, 0.2) is 27.6 Å². The Balaban J connectivity index is 2.35. The maximum atomic E-state index is 11.8. The standard InChI is InChI=1S/C16H21BrO2S/c1-11(2)20-14-7-6-12(10-13(14)17)16(15(18)19)8-4-3-5-9-16/h6-7,10-11H,3-5,8-9H2,1-2H3,(H,18,19). The van der Waals surface area contributed by atoms with Crippen LogP contribution in [0.2, 0.25) is 0 Å². The third kappa shape index (κ3) is 3.22. The Bertz CT molecular complexity index is 493. The topological polar surface area (TPSA) is 37.3 Å². The van der Waals surface area contributed by atoms with E-state index in [1.807, 2.05) is 12.1 Å². The number of carboxylic acids is 1. The maximum Gasteiger partial charge on any atom is 0.314 e. The SMILES string of the molecule is CC(C)Sc1ccc(C2(C(=O)O)CCCCC2)cc1Br. The van der Waals surface area contributed by atoms with Gasteiger partial charge in [-0.2, -0.15) is 0 Å². The van der Waals surface area contributed by atoms with Crippen LogP contribution >= 0.6 is 27.7 Å². The molecule has 2 rings (SSSR count). The fraction of sp³-hybridized carbons (Fsp3) is 0.562. The highest BCUT2D eigenvalue weighted by atomic mass is 79.9. The van der Waals surface area contributed by atoms with E-state index in [-0.39, 0.29) is 0 Å². The quantitative estimate of drug-likeness (QED) is 0.749. The Morgan fingerprint density at radius 2 is 1.95 bits per heavy atom. The lowest BCUT2D eigenvalue weighted by atomic mass is 9.69. The molecule has 1 N–H and O–H groups in total. The molecule has 0 aromatic heterocycles. The summed E-state index contributed by atoms with van der Waals surface area (Å²) in [5, 5.41) is 10.2. The van der Waals surface area contributed by atoms with Gasteiger partial charge in [-0.05, 0) is 46.5 Å². The van der Waals surface area contributed by atoms with E-state index < -0.39 is 11.4 Å². The van der Waals surface area contributed by atoms with Crippen LogP contribution < -0.4 is 0 Å². The van der Waals surface area contributed by atoms with E-state index in [1.54, 1.807) is 11.8 Å². The number of aliphatic carboxylic acids is 1. The number of hydrogen-bond acceptors (Lipinski definition) is 2. The number of carboxylic acid groups (broad SMARTS) is 1. The van der Waals surface area contributed by atoms with Crippen LogP contribution in [-0.4, -0.2) is 16.3 Å². The third-order valence-corrected chi connectivity index (χ3v) is 5.96. The Morgan fingerprint density at radius 1 is 1.30 bits per heavy atom. The highest BCUT2D eigenvalue weighted by Crippen LogP contribution is 2.42. The molecule has 1 aromatic rings. The molecule has 1 aliphatic rings. The van der Waals surface area contributed by atoms with Crippen LogP contribution in [0.1, 0.15) is 51.5 Å². The summed E-state index contributed by atoms with van der Waals surface area (Å²) in [7, 11) is 0. The van der Waals surface area contributed by atoms with E-state index in [4.69, 9.17) is 0 Å². The van der Waals surface area contributed by atoms with Gasteiger partial charge in [-0.15, -0.1) is 11.8 Å². The molecule has 0 radical (unpaired) electrons. The van der Waals surface area contributed by atoms with Gasteiger partial charge in [0, 0.05) is 14.6 Å². The first-order valence-corrected chi connectivity index (χ1v) is 8.83. The third-order valence-electron chi connectivity index (χ3n) is 3.96. The first kappa shape index (κ1) is 15.9. The fourth-order valence-corrected chi connectivity index (χ4v) is 4.41. The summed E-state index contributed by atoms with van der Waals surface area (Å²) >= 11 is 5.40. The van der Waals surface area contributed by atoms with Crippen LogP contribution in [0.5, 0.6) is 0 Å². The smallest absolute Gasteiger partial charge is 0.314 e. The molecule has 2 nitrogen and oxygen atoms in total. The summed E-state index contributed by atoms with van der Waals surface area (Å²) in [6.07, 6.45) is 4.67. The second-order valence-corrected chi connectivity index (χ2v) is 8.23. The molecule has 0 saturated heterocycles. The van der Waals surface area contributed by atoms with E-state index in [0.717, 1.165) is 42.1 Å². The zero-order chi connectivity index (χ0) is 14.8. The van der Waals surface area contributed by atoms with Crippen LogP contribution in [0.3, 0.4) is 0 Å². The zero-order valence-corrected chi connectivity index (χ0v) is 14.4. The van der Waals surface area contributed by atoms with E-state index in [1.165, 1.54) is 4.90 Å². The lowest BCUT2D eigenvalue weighted by Crippen LogP contribution is -2.37. The zero-order valence-electron chi connectivity index (χ0n) is 12.0. The molecule has 0 bridgehead atoms. The Kier molecular flexibility index (Phi) is 5.19. The number of halogens is 1. The van der Waals surface area contributed by atoms with Crippen molar-refractivity contribution in [1.29, 1.82) is 0 Å². The van der Waals surface area contributed by atoms with Gasteiger partial charge in [0.1, 0.15) is 0 Å². The van der Waals surface area contributed by atoms with Gasteiger partial charge < -0.3 is 5.11 Å². The Morgan fingerprint density at radius 3 is 2.45 bits per heavy atom. The molecular formula is C16H21BrO2S. The van der Waals surface area contributed by atoms with E-state index in [9.17, 15) is 9.90 Å². The predicted molar refractivity (Wildman–Crippen MR) is 87.5 cm³/mol. The summed E-state index contributed by atoms with van der Waals surface area (Å²) in [4.78, 5) is 13.0. The number of thioether (sulfide) groups is 1. The molecule has 1 saturated carbocycles. The molecule has 1 aromatic carbocycles. The lowest BCUT2D eigenvalue weighted by Gasteiger charge is -2.34. The first-order chi connectivity index (χ1) is 9.45. The van der Waals surface area contributed by atoms with Crippen molar-refractivity contribution in [3.63, 3.8) is 0 Å². The van der Waals surface area contributed by atoms with Crippen molar-refractivity contribution in [2.24, 2.45) is 0 Å². The van der Waals surface area contributed by atoms with Crippen LogP contribution in [0.4, 0.5) is 0 Å². The summed E-state index contributed by atoms with van der Waals surface area (Å²) < 4.78 is 1.01. The molecule has 0 atom stereocenters. The molecule has 0 spiro atoms. The van der Waals surface area contributed by atoms with E-state index in [0.29, 0.717) is 5.25 Å². The molecule has 4 heteroatoms. The molecule has 0 unspecified atom stereocenters. The van der Waals surface area contributed by atoms with Gasteiger partial charge in [0.25, 0.3) is 0 Å². The molecular weight excluding hydrogens is 336 g/mol. The minimum atomic E-state index is -0.679. The number of hydrogen-bond donors (Lipinski definition) is 1.